The van der Waals surface area contributed by atoms with Gasteiger partial charge in [0.05, 0.1) is 17.5 Å². The molecule has 0 radical (unpaired) electrons. The predicted molar refractivity (Wildman–Crippen MR) is 85.4 cm³/mol. The third-order valence-electron chi connectivity index (χ3n) is 3.98. The molecule has 1 N–H and O–H groups in total. The molecule has 4 heteroatoms. The van der Waals surface area contributed by atoms with E-state index in [1.54, 1.807) is 17.6 Å². The molecule has 1 aliphatic heterocycles. The Bertz CT molecular complexity index is 788. The van der Waals surface area contributed by atoms with Crippen molar-refractivity contribution >= 4 is 11.3 Å². The van der Waals surface area contributed by atoms with E-state index in [-0.39, 0.29) is 0 Å². The minimum Gasteiger partial charge on any atom is -0.469 e. The highest BCUT2D eigenvalue weighted by Crippen LogP contribution is 2.32. The lowest BCUT2D eigenvalue weighted by atomic mass is 9.98. The van der Waals surface area contributed by atoms with Crippen molar-refractivity contribution in [1.29, 1.82) is 0 Å². The van der Waals surface area contributed by atoms with E-state index in [0.29, 0.717) is 0 Å². The second-order valence-electron chi connectivity index (χ2n) is 5.34. The maximum atomic E-state index is 5.37. The van der Waals surface area contributed by atoms with E-state index >= 15 is 0 Å². The van der Waals surface area contributed by atoms with Crippen molar-refractivity contribution in [1.82, 2.24) is 10.3 Å². The van der Waals surface area contributed by atoms with Gasteiger partial charge in [-0.25, -0.2) is 4.98 Å². The zero-order chi connectivity index (χ0) is 14.2. The lowest BCUT2D eigenvalue weighted by Gasteiger charge is -2.17. The molecule has 4 rings (SSSR count). The van der Waals surface area contributed by atoms with Crippen LogP contribution in [0, 0.1) is 6.92 Å². The van der Waals surface area contributed by atoms with Crippen LogP contribution in [0.3, 0.4) is 0 Å². The summed E-state index contributed by atoms with van der Waals surface area (Å²) in [6.07, 6.45) is 2.82. The van der Waals surface area contributed by atoms with Gasteiger partial charge in [-0.3, -0.25) is 0 Å². The molecule has 0 unspecified atom stereocenters. The number of fused-ring (bicyclic) bond motifs is 1. The zero-order valence-electron chi connectivity index (χ0n) is 11.8. The van der Waals surface area contributed by atoms with Crippen LogP contribution in [-0.2, 0) is 13.0 Å². The fraction of sp³-hybridized carbons (Fsp3) is 0.235. The van der Waals surface area contributed by atoms with E-state index in [4.69, 9.17) is 9.40 Å². The number of benzene rings is 1. The molecular weight excluding hydrogens is 280 g/mol. The molecule has 0 bridgehead atoms. The molecule has 3 heterocycles. The number of hydrogen-bond donors (Lipinski definition) is 1. The summed E-state index contributed by atoms with van der Waals surface area (Å²) in [7, 11) is 0. The lowest BCUT2D eigenvalue weighted by Crippen LogP contribution is -2.23. The number of nitrogens with one attached hydrogen (secondary N) is 1. The highest BCUT2D eigenvalue weighted by Gasteiger charge is 2.13. The lowest BCUT2D eigenvalue weighted by molar-refractivity contribution is 0.535. The Balaban J connectivity index is 1.71. The summed E-state index contributed by atoms with van der Waals surface area (Å²) in [5.41, 5.74) is 6.20. The number of aryl methyl sites for hydroxylation is 1. The predicted octanol–water partition coefficient (Wildman–Crippen LogP) is 4.02. The molecule has 0 aliphatic carbocycles. The highest BCUT2D eigenvalue weighted by molar-refractivity contribution is 7.13. The summed E-state index contributed by atoms with van der Waals surface area (Å²) in [4.78, 5) is 4.78. The molecule has 106 valence electrons. The molecule has 0 atom stereocenters. The van der Waals surface area contributed by atoms with E-state index in [2.05, 4.69) is 28.9 Å². The molecular formula is C17H16N2OS. The number of rotatable bonds is 2. The van der Waals surface area contributed by atoms with Crippen molar-refractivity contribution in [3.63, 3.8) is 0 Å². The maximum Gasteiger partial charge on any atom is 0.127 e. The standard InChI is InChI=1S/C17H16N2OS/c1-11-15(5-7-20-11)17-19-16(10-21-17)13-2-3-14-9-18-6-4-12(14)8-13/h2-3,5,7-8,10,18H,4,6,9H2,1H3. The van der Waals surface area contributed by atoms with Gasteiger partial charge in [0.1, 0.15) is 10.8 Å². The van der Waals surface area contributed by atoms with Crippen molar-refractivity contribution < 1.29 is 4.42 Å². The molecule has 1 aliphatic rings. The fourth-order valence-corrected chi connectivity index (χ4v) is 3.68. The molecule has 21 heavy (non-hydrogen) atoms. The Morgan fingerprint density at radius 2 is 2.19 bits per heavy atom. The van der Waals surface area contributed by atoms with Crippen LogP contribution >= 0.6 is 11.3 Å². The number of nitrogens with zero attached hydrogens (tertiary/aromatic N) is 1. The van der Waals surface area contributed by atoms with Crippen LogP contribution in [0.25, 0.3) is 21.8 Å². The van der Waals surface area contributed by atoms with E-state index in [1.165, 1.54) is 16.7 Å². The van der Waals surface area contributed by atoms with Crippen LogP contribution in [-0.4, -0.2) is 11.5 Å². The van der Waals surface area contributed by atoms with Crippen molar-refractivity contribution in [3.05, 3.63) is 52.8 Å². The van der Waals surface area contributed by atoms with Crippen LogP contribution in [0.1, 0.15) is 16.9 Å². The number of aromatic nitrogens is 1. The Morgan fingerprint density at radius 3 is 3.05 bits per heavy atom. The van der Waals surface area contributed by atoms with Gasteiger partial charge < -0.3 is 9.73 Å². The first-order valence-corrected chi connectivity index (χ1v) is 8.02. The smallest absolute Gasteiger partial charge is 0.127 e. The summed E-state index contributed by atoms with van der Waals surface area (Å²) in [6.45, 7) is 4.02. The molecule has 3 aromatic rings. The number of furan rings is 1. The molecule has 0 saturated heterocycles. The van der Waals surface area contributed by atoms with Gasteiger partial charge in [-0.15, -0.1) is 11.3 Å². The average Bonchev–Trinajstić information content (AvgIpc) is 3.15. The molecule has 2 aromatic heterocycles. The number of thiazole rings is 1. The first-order valence-electron chi connectivity index (χ1n) is 7.14. The van der Waals surface area contributed by atoms with Crippen LogP contribution in [0.2, 0.25) is 0 Å². The van der Waals surface area contributed by atoms with Crippen LogP contribution < -0.4 is 5.32 Å². The maximum absolute atomic E-state index is 5.37. The summed E-state index contributed by atoms with van der Waals surface area (Å²) < 4.78 is 5.37. The number of hydrogen-bond acceptors (Lipinski definition) is 4. The topological polar surface area (TPSA) is 38.1 Å². The molecule has 3 nitrogen and oxygen atoms in total. The summed E-state index contributed by atoms with van der Waals surface area (Å²) >= 11 is 1.67. The average molecular weight is 296 g/mol. The van der Waals surface area contributed by atoms with Gasteiger partial charge >= 0.3 is 0 Å². The normalized spacial score (nSPS) is 14.1. The summed E-state index contributed by atoms with van der Waals surface area (Å²) in [5, 5.41) is 6.56. The van der Waals surface area contributed by atoms with Crippen molar-refractivity contribution in [2.75, 3.05) is 6.54 Å². The zero-order valence-corrected chi connectivity index (χ0v) is 12.7. The van der Waals surface area contributed by atoms with Gasteiger partial charge in [-0.1, -0.05) is 12.1 Å². The van der Waals surface area contributed by atoms with E-state index in [1.807, 2.05) is 13.0 Å². The third-order valence-corrected chi connectivity index (χ3v) is 4.86. The van der Waals surface area contributed by atoms with Gasteiger partial charge in [-0.05, 0) is 43.1 Å². The molecule has 0 spiro atoms. The van der Waals surface area contributed by atoms with Crippen LogP contribution in [0.15, 0.2) is 40.3 Å². The van der Waals surface area contributed by atoms with E-state index in [0.717, 1.165) is 41.5 Å². The van der Waals surface area contributed by atoms with E-state index < -0.39 is 0 Å². The molecule has 0 fully saturated rings. The third kappa shape index (κ3) is 2.30. The summed E-state index contributed by atoms with van der Waals surface area (Å²) in [5.74, 6) is 0.924. The van der Waals surface area contributed by atoms with Gasteiger partial charge in [0, 0.05) is 17.5 Å². The SMILES string of the molecule is Cc1occc1-c1nc(-c2ccc3c(c2)CCNC3)cs1. The second kappa shape index (κ2) is 5.13. The Morgan fingerprint density at radius 1 is 1.24 bits per heavy atom. The van der Waals surface area contributed by atoms with Gasteiger partial charge in [-0.2, -0.15) is 0 Å². The second-order valence-corrected chi connectivity index (χ2v) is 6.20. The Kier molecular flexibility index (Phi) is 3.13. The van der Waals surface area contributed by atoms with Crippen molar-refractivity contribution in [2.45, 2.75) is 19.9 Å². The highest BCUT2D eigenvalue weighted by atomic mass is 32.1. The summed E-state index contributed by atoms with van der Waals surface area (Å²) in [6, 6.07) is 8.67. The Hall–Kier alpha value is -1.91. The first kappa shape index (κ1) is 12.8. The largest absolute Gasteiger partial charge is 0.469 e. The Labute approximate surface area is 127 Å². The minimum absolute atomic E-state index is 0.924. The molecule has 1 aromatic carbocycles. The van der Waals surface area contributed by atoms with Crippen LogP contribution in [0.4, 0.5) is 0 Å². The van der Waals surface area contributed by atoms with Crippen LogP contribution in [0.5, 0.6) is 0 Å². The van der Waals surface area contributed by atoms with Crippen molar-refractivity contribution in [2.24, 2.45) is 0 Å². The van der Waals surface area contributed by atoms with Gasteiger partial charge in [0.2, 0.25) is 0 Å². The van der Waals surface area contributed by atoms with Gasteiger partial charge in [0.15, 0.2) is 0 Å². The minimum atomic E-state index is 0.924. The molecule has 0 saturated carbocycles. The molecule has 0 amide bonds. The van der Waals surface area contributed by atoms with Crippen molar-refractivity contribution in [3.8, 4) is 21.8 Å². The monoisotopic (exact) mass is 296 g/mol. The quantitative estimate of drug-likeness (QED) is 0.776. The van der Waals surface area contributed by atoms with E-state index in [9.17, 15) is 0 Å². The van der Waals surface area contributed by atoms with Gasteiger partial charge in [0.25, 0.3) is 0 Å². The fourth-order valence-electron chi connectivity index (χ4n) is 2.77. The first-order chi connectivity index (χ1) is 10.3.